The fraction of sp³-hybridized carbons (Fsp3) is 0.778. The predicted molar refractivity (Wildman–Crippen MR) is 141 cm³/mol. The molecule has 0 aromatic carbocycles. The molecule has 1 aliphatic rings. The van der Waals surface area contributed by atoms with Crippen molar-refractivity contribution in [3.05, 3.63) is 12.2 Å². The van der Waals surface area contributed by atoms with Crippen LogP contribution in [0.25, 0.3) is 0 Å². The number of thioether (sulfide) groups is 1. The first-order chi connectivity index (χ1) is 17.6. The Labute approximate surface area is 225 Å². The average Bonchev–Trinajstić information content (AvgIpc) is 2.81. The van der Waals surface area contributed by atoms with Gasteiger partial charge in [0.25, 0.3) is 0 Å². The molecule has 0 amide bonds. The van der Waals surface area contributed by atoms with E-state index in [2.05, 4.69) is 13.0 Å². The van der Waals surface area contributed by atoms with Crippen molar-refractivity contribution in [3.63, 3.8) is 0 Å². The highest BCUT2D eigenvalue weighted by Crippen LogP contribution is 2.34. The van der Waals surface area contributed by atoms with Crippen molar-refractivity contribution in [1.29, 1.82) is 0 Å². The van der Waals surface area contributed by atoms with Crippen LogP contribution in [-0.4, -0.2) is 66.1 Å². The fourth-order valence-corrected chi connectivity index (χ4v) is 5.11. The van der Waals surface area contributed by atoms with Gasteiger partial charge < -0.3 is 23.7 Å². The van der Waals surface area contributed by atoms with E-state index in [9.17, 15) is 19.2 Å². The summed E-state index contributed by atoms with van der Waals surface area (Å²) in [6.07, 6.45) is 11.1. The Morgan fingerprint density at radius 2 is 1.24 bits per heavy atom. The topological polar surface area (TPSA) is 114 Å². The standard InChI is InChI=1S/C27H44O9S/c1-6-7-8-9-10-11-12-13-14-15-16-17-37-27-26(35-22(5)31)25(34-21(4)30)24(33-20(3)29)23(36-27)18-32-19(2)28/h15-16,23-27H,6-14,17-18H2,1-5H3/b16-15+/t23-,24-,25+,26-,27-/m1/s1. The number of hydrogen-bond acceptors (Lipinski definition) is 10. The molecule has 1 aliphatic heterocycles. The van der Waals surface area contributed by atoms with E-state index in [4.69, 9.17) is 23.7 Å². The van der Waals surface area contributed by atoms with E-state index in [0.29, 0.717) is 5.75 Å². The number of carbonyl (C=O) groups excluding carboxylic acids is 4. The van der Waals surface area contributed by atoms with Crippen LogP contribution in [0, 0.1) is 0 Å². The van der Waals surface area contributed by atoms with Crippen molar-refractivity contribution in [2.45, 2.75) is 122 Å². The maximum atomic E-state index is 11.9. The largest absolute Gasteiger partial charge is 0.463 e. The molecule has 5 atom stereocenters. The lowest BCUT2D eigenvalue weighted by atomic mass is 9.99. The van der Waals surface area contributed by atoms with Crippen LogP contribution in [0.2, 0.25) is 0 Å². The molecule has 1 rings (SSSR count). The third kappa shape index (κ3) is 14.4. The first-order valence-corrected chi connectivity index (χ1v) is 14.3. The van der Waals surface area contributed by atoms with Gasteiger partial charge in [0.05, 0.1) is 0 Å². The summed E-state index contributed by atoms with van der Waals surface area (Å²) in [6.45, 7) is 6.90. The Kier molecular flexibility index (Phi) is 17.0. The molecule has 1 fully saturated rings. The minimum Gasteiger partial charge on any atom is -0.463 e. The molecule has 212 valence electrons. The molecule has 0 N–H and O–H groups in total. The van der Waals surface area contributed by atoms with Gasteiger partial charge in [-0.05, 0) is 12.8 Å². The van der Waals surface area contributed by atoms with Crippen molar-refractivity contribution in [2.24, 2.45) is 0 Å². The van der Waals surface area contributed by atoms with Crippen LogP contribution in [0.3, 0.4) is 0 Å². The number of carbonyl (C=O) groups is 4. The molecule has 1 heterocycles. The van der Waals surface area contributed by atoms with Gasteiger partial charge in [0.1, 0.15) is 18.1 Å². The molecule has 0 bridgehead atoms. The first-order valence-electron chi connectivity index (χ1n) is 13.2. The number of esters is 4. The number of rotatable bonds is 17. The van der Waals surface area contributed by atoms with Crippen LogP contribution in [0.4, 0.5) is 0 Å². The first kappa shape index (κ1) is 33.0. The van der Waals surface area contributed by atoms with Crippen molar-refractivity contribution in [3.8, 4) is 0 Å². The summed E-state index contributed by atoms with van der Waals surface area (Å²) >= 11 is 1.36. The minimum absolute atomic E-state index is 0.219. The van der Waals surface area contributed by atoms with Crippen LogP contribution in [0.15, 0.2) is 12.2 Å². The lowest BCUT2D eigenvalue weighted by Crippen LogP contribution is -2.61. The Bertz CT molecular complexity index is 739. The highest BCUT2D eigenvalue weighted by atomic mass is 32.2. The van der Waals surface area contributed by atoms with E-state index in [1.807, 2.05) is 6.08 Å². The zero-order valence-electron chi connectivity index (χ0n) is 22.9. The summed E-state index contributed by atoms with van der Waals surface area (Å²) in [5.41, 5.74) is -0.742. The Morgan fingerprint density at radius 3 is 1.81 bits per heavy atom. The molecule has 37 heavy (non-hydrogen) atoms. The molecule has 0 unspecified atom stereocenters. The van der Waals surface area contributed by atoms with Gasteiger partial charge in [0.15, 0.2) is 18.3 Å². The van der Waals surface area contributed by atoms with Gasteiger partial charge in [0, 0.05) is 33.4 Å². The molecular weight excluding hydrogens is 500 g/mol. The molecule has 0 aromatic rings. The van der Waals surface area contributed by atoms with Crippen molar-refractivity contribution < 1.29 is 42.9 Å². The Balaban J connectivity index is 2.79. The average molecular weight is 545 g/mol. The molecule has 10 heteroatoms. The minimum atomic E-state index is -1.13. The van der Waals surface area contributed by atoms with Crippen molar-refractivity contribution in [2.75, 3.05) is 12.4 Å². The molecule has 0 aliphatic carbocycles. The van der Waals surface area contributed by atoms with E-state index in [-0.39, 0.29) is 6.61 Å². The molecule has 9 nitrogen and oxygen atoms in total. The van der Waals surface area contributed by atoms with Gasteiger partial charge in [-0.25, -0.2) is 0 Å². The van der Waals surface area contributed by atoms with Crippen molar-refractivity contribution in [1.82, 2.24) is 0 Å². The molecule has 0 radical (unpaired) electrons. The summed E-state index contributed by atoms with van der Waals surface area (Å²) in [5, 5.41) is 0. The van der Waals surface area contributed by atoms with Gasteiger partial charge in [-0.1, -0.05) is 64.0 Å². The number of hydrogen-bond donors (Lipinski definition) is 0. The molecule has 1 saturated heterocycles. The second-order valence-corrected chi connectivity index (χ2v) is 10.3. The zero-order chi connectivity index (χ0) is 27.6. The normalized spacial score (nSPS) is 23.4. The van der Waals surface area contributed by atoms with E-state index >= 15 is 0 Å². The maximum Gasteiger partial charge on any atom is 0.303 e. The summed E-state index contributed by atoms with van der Waals surface area (Å²) in [6, 6.07) is 0. The third-order valence-corrected chi connectivity index (χ3v) is 6.79. The van der Waals surface area contributed by atoms with Crippen LogP contribution in [-0.2, 0) is 42.9 Å². The van der Waals surface area contributed by atoms with Gasteiger partial charge in [0.2, 0.25) is 0 Å². The number of unbranched alkanes of at least 4 members (excludes halogenated alkanes) is 8. The van der Waals surface area contributed by atoms with Gasteiger partial charge >= 0.3 is 23.9 Å². The van der Waals surface area contributed by atoms with Crippen LogP contribution in [0.1, 0.15) is 92.4 Å². The summed E-state index contributed by atoms with van der Waals surface area (Å²) in [7, 11) is 0. The van der Waals surface area contributed by atoms with Crippen molar-refractivity contribution >= 4 is 35.6 Å². The second-order valence-electron chi connectivity index (χ2n) is 9.14. The SMILES string of the molecule is CCCCCCCCCC/C=C/CS[C@H]1O[C@H](COC(C)=O)[C@@H](OC(C)=O)[C@H](OC(C)=O)[C@H]1OC(C)=O. The lowest BCUT2D eigenvalue weighted by molar-refractivity contribution is -0.237. The van der Waals surface area contributed by atoms with E-state index in [1.165, 1.54) is 84.4 Å². The summed E-state index contributed by atoms with van der Waals surface area (Å²) < 4.78 is 27.5. The Morgan fingerprint density at radius 1 is 0.703 bits per heavy atom. The van der Waals surface area contributed by atoms with Gasteiger partial charge in [-0.3, -0.25) is 19.2 Å². The predicted octanol–water partition coefficient (Wildman–Crippen LogP) is 4.89. The third-order valence-electron chi connectivity index (χ3n) is 5.70. The van der Waals surface area contributed by atoms with Gasteiger partial charge in [-0.15, -0.1) is 11.8 Å². The summed E-state index contributed by atoms with van der Waals surface area (Å²) in [5.74, 6) is -1.85. The number of ether oxygens (including phenoxy) is 5. The highest BCUT2D eigenvalue weighted by molar-refractivity contribution is 7.99. The quantitative estimate of drug-likeness (QED) is 0.108. The maximum absolute atomic E-state index is 11.9. The molecule has 0 aromatic heterocycles. The van der Waals surface area contributed by atoms with E-state index < -0.39 is 53.7 Å². The van der Waals surface area contributed by atoms with Gasteiger partial charge in [-0.2, -0.15) is 0 Å². The molecule has 0 saturated carbocycles. The summed E-state index contributed by atoms with van der Waals surface area (Å²) in [4.78, 5) is 46.9. The monoisotopic (exact) mass is 544 g/mol. The Hall–Kier alpha value is -2.07. The van der Waals surface area contributed by atoms with E-state index in [1.54, 1.807) is 0 Å². The smallest absolute Gasteiger partial charge is 0.303 e. The zero-order valence-corrected chi connectivity index (χ0v) is 23.7. The van der Waals surface area contributed by atoms with Crippen LogP contribution < -0.4 is 0 Å². The van der Waals surface area contributed by atoms with E-state index in [0.717, 1.165) is 12.8 Å². The number of allylic oxidation sites excluding steroid dienone is 1. The van der Waals surface area contributed by atoms with Crippen LogP contribution >= 0.6 is 11.8 Å². The molecule has 0 spiro atoms. The lowest BCUT2D eigenvalue weighted by Gasteiger charge is -2.44. The highest BCUT2D eigenvalue weighted by Gasteiger charge is 2.52. The van der Waals surface area contributed by atoms with Crippen LogP contribution in [0.5, 0.6) is 0 Å². The molecular formula is C27H44O9S. The second kappa shape index (κ2) is 19.1. The fourth-order valence-electron chi connectivity index (χ4n) is 4.06.